The SMILES string of the molecule is CC1CNCCN1S(=O)(=O)c1ccc(Cl)c(C#N)c1.Cl. The first-order valence-corrected chi connectivity index (χ1v) is 7.71. The molecule has 5 nitrogen and oxygen atoms in total. The van der Waals surface area contributed by atoms with Crippen molar-refractivity contribution in [3.8, 4) is 6.07 Å². The molecule has 8 heteroatoms. The number of piperazine rings is 1. The van der Waals surface area contributed by atoms with Crippen LogP contribution in [0.5, 0.6) is 0 Å². The molecule has 1 saturated heterocycles. The van der Waals surface area contributed by atoms with E-state index >= 15 is 0 Å². The molecule has 110 valence electrons. The fraction of sp³-hybridized carbons (Fsp3) is 0.417. The maximum atomic E-state index is 12.5. The van der Waals surface area contributed by atoms with Crippen molar-refractivity contribution in [1.29, 1.82) is 5.26 Å². The fourth-order valence-corrected chi connectivity index (χ4v) is 3.88. The van der Waals surface area contributed by atoms with Crippen LogP contribution in [0.2, 0.25) is 5.02 Å². The summed E-state index contributed by atoms with van der Waals surface area (Å²) in [6.07, 6.45) is 0. The lowest BCUT2D eigenvalue weighted by Crippen LogP contribution is -2.52. The highest BCUT2D eigenvalue weighted by atomic mass is 35.5. The van der Waals surface area contributed by atoms with Crippen LogP contribution < -0.4 is 5.32 Å². The maximum absolute atomic E-state index is 12.5. The largest absolute Gasteiger partial charge is 0.314 e. The van der Waals surface area contributed by atoms with E-state index in [-0.39, 0.29) is 33.9 Å². The Morgan fingerprint density at radius 1 is 1.50 bits per heavy atom. The second kappa shape index (κ2) is 6.74. The van der Waals surface area contributed by atoms with Gasteiger partial charge in [0.1, 0.15) is 6.07 Å². The van der Waals surface area contributed by atoms with E-state index in [4.69, 9.17) is 16.9 Å². The summed E-state index contributed by atoms with van der Waals surface area (Å²) in [4.78, 5) is 0.113. The van der Waals surface area contributed by atoms with Gasteiger partial charge in [-0.25, -0.2) is 8.42 Å². The summed E-state index contributed by atoms with van der Waals surface area (Å²) in [5.41, 5.74) is 0.172. The van der Waals surface area contributed by atoms with Crippen molar-refractivity contribution >= 4 is 34.0 Å². The Morgan fingerprint density at radius 2 is 2.20 bits per heavy atom. The highest BCUT2D eigenvalue weighted by Crippen LogP contribution is 2.24. The van der Waals surface area contributed by atoms with Gasteiger partial charge in [-0.05, 0) is 25.1 Å². The summed E-state index contributed by atoms with van der Waals surface area (Å²) < 4.78 is 26.5. The van der Waals surface area contributed by atoms with E-state index in [1.807, 2.05) is 13.0 Å². The molecule has 0 spiro atoms. The average molecular weight is 336 g/mol. The number of nitrogens with zero attached hydrogens (tertiary/aromatic N) is 2. The number of nitrogens with one attached hydrogen (secondary N) is 1. The van der Waals surface area contributed by atoms with Crippen molar-refractivity contribution in [2.24, 2.45) is 0 Å². The topological polar surface area (TPSA) is 73.2 Å². The molecule has 1 atom stereocenters. The van der Waals surface area contributed by atoms with E-state index in [9.17, 15) is 8.42 Å². The number of hydrogen-bond acceptors (Lipinski definition) is 4. The zero-order chi connectivity index (χ0) is 14.0. The van der Waals surface area contributed by atoms with E-state index < -0.39 is 10.0 Å². The quantitative estimate of drug-likeness (QED) is 0.891. The van der Waals surface area contributed by atoms with Gasteiger partial charge in [-0.3, -0.25) is 0 Å². The molecule has 1 unspecified atom stereocenters. The minimum atomic E-state index is -3.58. The summed E-state index contributed by atoms with van der Waals surface area (Å²) in [7, 11) is -3.58. The minimum absolute atomic E-state index is 0. The van der Waals surface area contributed by atoms with Crippen LogP contribution in [0, 0.1) is 11.3 Å². The summed E-state index contributed by atoms with van der Waals surface area (Å²) in [5, 5.41) is 12.3. The lowest BCUT2D eigenvalue weighted by Gasteiger charge is -2.32. The van der Waals surface area contributed by atoms with Gasteiger partial charge >= 0.3 is 0 Å². The molecule has 0 radical (unpaired) electrons. The van der Waals surface area contributed by atoms with E-state index in [0.29, 0.717) is 19.6 Å². The van der Waals surface area contributed by atoms with Crippen LogP contribution in [0.1, 0.15) is 12.5 Å². The fourth-order valence-electron chi connectivity index (χ4n) is 2.07. The molecule has 1 aliphatic heterocycles. The van der Waals surface area contributed by atoms with Crippen LogP contribution in [-0.4, -0.2) is 38.4 Å². The summed E-state index contributed by atoms with van der Waals surface area (Å²) in [6.45, 7) is 3.53. The van der Waals surface area contributed by atoms with Gasteiger partial charge in [-0.2, -0.15) is 9.57 Å². The van der Waals surface area contributed by atoms with Crippen molar-refractivity contribution in [2.75, 3.05) is 19.6 Å². The van der Waals surface area contributed by atoms with Gasteiger partial charge in [0.15, 0.2) is 0 Å². The Labute approximate surface area is 130 Å². The molecule has 1 aliphatic rings. The molecule has 1 aromatic rings. The standard InChI is InChI=1S/C12H14ClN3O2S.ClH/c1-9-8-15-4-5-16(9)19(17,18)11-2-3-12(13)10(6-11)7-14;/h2-3,6,9,15H,4-5,8H2,1H3;1H. The zero-order valence-electron chi connectivity index (χ0n) is 10.8. The molecule has 1 N–H and O–H groups in total. The third-order valence-electron chi connectivity index (χ3n) is 3.11. The normalized spacial score (nSPS) is 19.9. The van der Waals surface area contributed by atoms with Crippen molar-refractivity contribution < 1.29 is 8.42 Å². The first-order valence-electron chi connectivity index (χ1n) is 5.89. The molecular weight excluding hydrogens is 321 g/mol. The lowest BCUT2D eigenvalue weighted by atomic mass is 10.2. The number of rotatable bonds is 2. The number of halogens is 2. The number of hydrogen-bond donors (Lipinski definition) is 1. The summed E-state index contributed by atoms with van der Waals surface area (Å²) in [5.74, 6) is 0. The molecule has 0 aromatic heterocycles. The van der Waals surface area contributed by atoms with Crippen LogP contribution >= 0.6 is 24.0 Å². The Morgan fingerprint density at radius 3 is 2.80 bits per heavy atom. The molecule has 1 aromatic carbocycles. The van der Waals surface area contributed by atoms with Crippen LogP contribution in [0.4, 0.5) is 0 Å². The molecular formula is C12H15Cl2N3O2S. The molecule has 1 heterocycles. The highest BCUT2D eigenvalue weighted by Gasteiger charge is 2.31. The first kappa shape index (κ1) is 17.2. The predicted molar refractivity (Wildman–Crippen MR) is 79.6 cm³/mol. The van der Waals surface area contributed by atoms with Crippen LogP contribution in [0.3, 0.4) is 0 Å². The monoisotopic (exact) mass is 335 g/mol. The smallest absolute Gasteiger partial charge is 0.243 e. The van der Waals surface area contributed by atoms with Crippen molar-refractivity contribution in [3.63, 3.8) is 0 Å². The van der Waals surface area contributed by atoms with Crippen molar-refractivity contribution in [2.45, 2.75) is 17.9 Å². The average Bonchev–Trinajstić information content (AvgIpc) is 2.39. The molecule has 20 heavy (non-hydrogen) atoms. The van der Waals surface area contributed by atoms with Crippen LogP contribution in [-0.2, 0) is 10.0 Å². The second-order valence-corrected chi connectivity index (χ2v) is 6.72. The van der Waals surface area contributed by atoms with Crippen LogP contribution in [0.15, 0.2) is 23.1 Å². The molecule has 0 saturated carbocycles. The Kier molecular flexibility index (Phi) is 5.80. The van der Waals surface area contributed by atoms with Gasteiger partial charge in [0, 0.05) is 25.7 Å². The first-order chi connectivity index (χ1) is 8.96. The van der Waals surface area contributed by atoms with Gasteiger partial charge < -0.3 is 5.32 Å². The number of nitriles is 1. The van der Waals surface area contributed by atoms with Gasteiger partial charge in [0.25, 0.3) is 0 Å². The molecule has 0 bridgehead atoms. The molecule has 1 fully saturated rings. The van der Waals surface area contributed by atoms with Crippen molar-refractivity contribution in [3.05, 3.63) is 28.8 Å². The zero-order valence-corrected chi connectivity index (χ0v) is 13.2. The van der Waals surface area contributed by atoms with Crippen molar-refractivity contribution in [1.82, 2.24) is 9.62 Å². The second-order valence-electron chi connectivity index (χ2n) is 4.42. The molecule has 2 rings (SSSR count). The summed E-state index contributed by atoms with van der Waals surface area (Å²) >= 11 is 5.82. The minimum Gasteiger partial charge on any atom is -0.314 e. The Bertz CT molecular complexity index is 628. The predicted octanol–water partition coefficient (Wildman–Crippen LogP) is 1.62. The van der Waals surface area contributed by atoms with E-state index in [0.717, 1.165) is 0 Å². The molecule has 0 amide bonds. The highest BCUT2D eigenvalue weighted by molar-refractivity contribution is 7.89. The number of benzene rings is 1. The molecule has 0 aliphatic carbocycles. The maximum Gasteiger partial charge on any atom is 0.243 e. The Balaban J connectivity index is 0.00000200. The van der Waals surface area contributed by atoms with E-state index in [1.165, 1.54) is 22.5 Å². The summed E-state index contributed by atoms with van der Waals surface area (Å²) in [6, 6.07) is 5.99. The number of sulfonamides is 1. The lowest BCUT2D eigenvalue weighted by molar-refractivity contribution is 0.284. The van der Waals surface area contributed by atoms with Gasteiger partial charge in [0.2, 0.25) is 10.0 Å². The Hall–Kier alpha value is -0.840. The van der Waals surface area contributed by atoms with Gasteiger partial charge in [0.05, 0.1) is 15.5 Å². The van der Waals surface area contributed by atoms with Gasteiger partial charge in [-0.15, -0.1) is 12.4 Å². The van der Waals surface area contributed by atoms with Crippen LogP contribution in [0.25, 0.3) is 0 Å². The van der Waals surface area contributed by atoms with E-state index in [1.54, 1.807) is 0 Å². The third-order valence-corrected chi connectivity index (χ3v) is 5.44. The van der Waals surface area contributed by atoms with Gasteiger partial charge in [-0.1, -0.05) is 11.6 Å². The third kappa shape index (κ3) is 3.25. The van der Waals surface area contributed by atoms with E-state index in [2.05, 4.69) is 5.32 Å².